The summed E-state index contributed by atoms with van der Waals surface area (Å²) in [6.07, 6.45) is 2.45. The fourth-order valence-electron chi connectivity index (χ4n) is 1.50. The van der Waals surface area contributed by atoms with E-state index >= 15 is 0 Å². The molecule has 0 spiro atoms. The van der Waals surface area contributed by atoms with Crippen LogP contribution in [0.5, 0.6) is 0 Å². The number of rotatable bonds is 3. The monoisotopic (exact) mass is 266 g/mol. The quantitative estimate of drug-likeness (QED) is 0.258. The molecule has 0 fully saturated rings. The number of anilines is 1. The third-order valence-corrected chi connectivity index (χ3v) is 3.16. The topological polar surface area (TPSA) is 74.7 Å². The lowest BCUT2D eigenvalue weighted by Gasteiger charge is -2.23. The molecule has 0 radical (unpaired) electrons. The summed E-state index contributed by atoms with van der Waals surface area (Å²) in [6.45, 7) is 3.72. The summed E-state index contributed by atoms with van der Waals surface area (Å²) < 4.78 is 0. The Morgan fingerprint density at radius 1 is 1.56 bits per heavy atom. The van der Waals surface area contributed by atoms with Crippen molar-refractivity contribution in [2.45, 2.75) is 20.3 Å². The minimum atomic E-state index is 0.463. The first-order valence-corrected chi connectivity index (χ1v) is 6.02. The fraction of sp³-hybridized carbons (Fsp3) is 0.333. The zero-order valence-corrected chi connectivity index (χ0v) is 11.6. The van der Waals surface area contributed by atoms with Crippen molar-refractivity contribution in [2.75, 3.05) is 12.8 Å². The third-order valence-electron chi connectivity index (χ3n) is 2.63. The molecule has 0 aliphatic carbocycles. The molecule has 0 saturated heterocycles. The van der Waals surface area contributed by atoms with E-state index in [4.69, 9.17) is 10.9 Å². The van der Waals surface area contributed by atoms with Crippen molar-refractivity contribution in [1.82, 2.24) is 9.88 Å². The second-order valence-corrected chi connectivity index (χ2v) is 4.37. The number of thiol groups is 1. The van der Waals surface area contributed by atoms with Gasteiger partial charge in [0, 0.05) is 23.7 Å². The number of hydrogen-bond acceptors (Lipinski definition) is 5. The first-order chi connectivity index (χ1) is 8.51. The number of oxime groups is 1. The average molecular weight is 266 g/mol. The molecule has 6 heteroatoms. The Morgan fingerprint density at radius 2 is 2.22 bits per heavy atom. The summed E-state index contributed by atoms with van der Waals surface area (Å²) in [5.41, 5.74) is 7.30. The number of nitrogen functional groups attached to an aromatic ring is 1. The number of allylic oxidation sites excluding steroid dienone is 1. The van der Waals surface area contributed by atoms with E-state index in [0.29, 0.717) is 11.7 Å². The Kier molecular flexibility index (Phi) is 5.03. The Bertz CT molecular complexity index is 467. The van der Waals surface area contributed by atoms with Crippen LogP contribution in [0.1, 0.15) is 25.8 Å². The molecule has 5 nitrogen and oxygen atoms in total. The van der Waals surface area contributed by atoms with Gasteiger partial charge in [0.1, 0.15) is 11.7 Å². The first kappa shape index (κ1) is 14.4. The van der Waals surface area contributed by atoms with Gasteiger partial charge in [0.05, 0.1) is 5.70 Å². The van der Waals surface area contributed by atoms with Gasteiger partial charge in [-0.2, -0.15) is 0 Å². The lowest BCUT2D eigenvalue weighted by molar-refractivity contribution is 0.312. The van der Waals surface area contributed by atoms with Crippen LogP contribution in [-0.4, -0.2) is 28.0 Å². The molecule has 0 atom stereocenters. The molecule has 1 aromatic rings. The highest BCUT2D eigenvalue weighted by Crippen LogP contribution is 2.26. The molecule has 0 unspecified atom stereocenters. The minimum absolute atomic E-state index is 0.463. The van der Waals surface area contributed by atoms with E-state index in [1.807, 2.05) is 20.0 Å². The van der Waals surface area contributed by atoms with Crippen molar-refractivity contribution in [1.29, 1.82) is 0 Å². The van der Waals surface area contributed by atoms with Crippen LogP contribution in [0.3, 0.4) is 0 Å². The first-order valence-electron chi connectivity index (χ1n) is 5.57. The molecule has 0 bridgehead atoms. The van der Waals surface area contributed by atoms with Gasteiger partial charge >= 0.3 is 0 Å². The molecule has 1 heterocycles. The molecule has 1 rings (SSSR count). The average Bonchev–Trinajstić information content (AvgIpc) is 2.39. The van der Waals surface area contributed by atoms with E-state index in [0.717, 1.165) is 22.6 Å². The molecule has 0 aliphatic heterocycles. The normalized spacial score (nSPS) is 13.2. The summed E-state index contributed by atoms with van der Waals surface area (Å²) in [4.78, 5) is 6.71. The number of hydrogen-bond donors (Lipinski definition) is 3. The van der Waals surface area contributed by atoms with E-state index < -0.39 is 0 Å². The lowest BCUT2D eigenvalue weighted by Crippen LogP contribution is -2.23. The van der Waals surface area contributed by atoms with E-state index in [2.05, 4.69) is 22.8 Å². The van der Waals surface area contributed by atoms with Crippen LogP contribution in [0.15, 0.2) is 28.4 Å². The summed E-state index contributed by atoms with van der Waals surface area (Å²) in [5.74, 6) is 0.937. The number of pyridine rings is 1. The number of aromatic nitrogens is 1. The van der Waals surface area contributed by atoms with Crippen molar-refractivity contribution < 1.29 is 5.21 Å². The van der Waals surface area contributed by atoms with Gasteiger partial charge in [-0.05, 0) is 25.5 Å². The van der Waals surface area contributed by atoms with Crippen molar-refractivity contribution in [2.24, 2.45) is 5.16 Å². The van der Waals surface area contributed by atoms with Gasteiger partial charge in [-0.25, -0.2) is 4.98 Å². The summed E-state index contributed by atoms with van der Waals surface area (Å²) >= 11 is 4.48. The van der Waals surface area contributed by atoms with Gasteiger partial charge in [0.2, 0.25) is 0 Å². The van der Waals surface area contributed by atoms with Gasteiger partial charge in [0.15, 0.2) is 0 Å². The standard InChI is InChI=1S/C12H18N4OS/c1-4-10(18)12(16(3)8(2)15-17)9-5-6-11(13)14-7-9/h5-7,17-18H,4H2,1-3H3,(H2,13,14)/b12-10-,15-8+. The van der Waals surface area contributed by atoms with Crippen molar-refractivity contribution in [3.05, 3.63) is 28.8 Å². The molecule has 18 heavy (non-hydrogen) atoms. The SMILES string of the molecule is CC/C(S)=C(\c1ccc(N)nc1)N(C)/C(C)=N/O. The zero-order valence-electron chi connectivity index (χ0n) is 10.8. The fourth-order valence-corrected chi connectivity index (χ4v) is 1.77. The summed E-state index contributed by atoms with van der Waals surface area (Å²) in [5, 5.41) is 12.1. The molecule has 1 aromatic heterocycles. The number of nitrogens with zero attached hydrogens (tertiary/aromatic N) is 3. The van der Waals surface area contributed by atoms with Gasteiger partial charge in [-0.3, -0.25) is 0 Å². The van der Waals surface area contributed by atoms with Gasteiger partial charge in [-0.15, -0.1) is 12.6 Å². The van der Waals surface area contributed by atoms with Crippen molar-refractivity contribution in [3.63, 3.8) is 0 Å². The second-order valence-electron chi connectivity index (χ2n) is 3.83. The molecule has 98 valence electrons. The molecule has 3 N–H and O–H groups in total. The molecule has 0 amide bonds. The molecular formula is C12H18N4OS. The predicted molar refractivity (Wildman–Crippen MR) is 77.5 cm³/mol. The highest BCUT2D eigenvalue weighted by Gasteiger charge is 2.14. The van der Waals surface area contributed by atoms with Crippen LogP contribution in [0.2, 0.25) is 0 Å². The van der Waals surface area contributed by atoms with Crippen LogP contribution in [0.4, 0.5) is 5.82 Å². The summed E-state index contributed by atoms with van der Waals surface area (Å²) in [7, 11) is 1.81. The Hall–Kier alpha value is -1.69. The highest BCUT2D eigenvalue weighted by atomic mass is 32.1. The smallest absolute Gasteiger partial charge is 0.145 e. The number of amidine groups is 1. The van der Waals surface area contributed by atoms with E-state index in [1.165, 1.54) is 0 Å². The van der Waals surface area contributed by atoms with Crippen LogP contribution in [0, 0.1) is 0 Å². The van der Waals surface area contributed by atoms with Gasteiger partial charge < -0.3 is 15.8 Å². The Labute approximate surface area is 112 Å². The maximum absolute atomic E-state index is 8.86. The maximum Gasteiger partial charge on any atom is 0.145 e. The minimum Gasteiger partial charge on any atom is -0.409 e. The molecule has 0 aliphatic rings. The van der Waals surface area contributed by atoms with Crippen LogP contribution in [0.25, 0.3) is 5.70 Å². The Morgan fingerprint density at radius 3 is 2.67 bits per heavy atom. The van der Waals surface area contributed by atoms with Crippen LogP contribution < -0.4 is 5.73 Å². The third kappa shape index (κ3) is 3.16. The van der Waals surface area contributed by atoms with Crippen LogP contribution >= 0.6 is 12.6 Å². The molecular weight excluding hydrogens is 248 g/mol. The highest BCUT2D eigenvalue weighted by molar-refractivity contribution is 7.84. The van der Waals surface area contributed by atoms with Gasteiger partial charge in [0.25, 0.3) is 0 Å². The summed E-state index contributed by atoms with van der Waals surface area (Å²) in [6, 6.07) is 3.59. The van der Waals surface area contributed by atoms with E-state index in [1.54, 1.807) is 24.1 Å². The second kappa shape index (κ2) is 6.30. The Balaban J connectivity index is 3.28. The maximum atomic E-state index is 8.86. The largest absolute Gasteiger partial charge is 0.409 e. The molecule has 0 aromatic carbocycles. The van der Waals surface area contributed by atoms with Crippen molar-refractivity contribution in [3.8, 4) is 0 Å². The van der Waals surface area contributed by atoms with Gasteiger partial charge in [-0.1, -0.05) is 12.1 Å². The van der Waals surface area contributed by atoms with E-state index in [9.17, 15) is 0 Å². The lowest BCUT2D eigenvalue weighted by atomic mass is 10.1. The van der Waals surface area contributed by atoms with Crippen molar-refractivity contribution >= 4 is 30.0 Å². The van der Waals surface area contributed by atoms with Crippen LogP contribution in [-0.2, 0) is 0 Å². The number of nitrogens with two attached hydrogens (primary N) is 1. The molecule has 0 saturated carbocycles. The van der Waals surface area contributed by atoms with E-state index in [-0.39, 0.29) is 0 Å². The zero-order chi connectivity index (χ0) is 13.7. The predicted octanol–water partition coefficient (Wildman–Crippen LogP) is 2.41.